The number of hydrogen-bond donors (Lipinski definition) is 2. The second kappa shape index (κ2) is 8.66. The third kappa shape index (κ3) is 3.99. The summed E-state index contributed by atoms with van der Waals surface area (Å²) in [5.41, 5.74) is 4.14. The van der Waals surface area contributed by atoms with Crippen LogP contribution in [0.3, 0.4) is 0 Å². The van der Waals surface area contributed by atoms with Crippen molar-refractivity contribution >= 4 is 16.9 Å². The number of fused-ring (bicyclic) bond motifs is 1. The number of nitrogens with zero attached hydrogens (tertiary/aromatic N) is 3. The van der Waals surface area contributed by atoms with Crippen molar-refractivity contribution in [3.8, 4) is 0 Å². The minimum atomic E-state index is -0.700. The number of aromatic nitrogens is 4. The smallest absolute Gasteiger partial charge is 0.316 e. The molecule has 0 saturated carbocycles. The molecule has 1 amide bonds. The van der Waals surface area contributed by atoms with Crippen molar-refractivity contribution in [1.29, 1.82) is 0 Å². The largest absolute Gasteiger partial charge is 0.348 e. The molecule has 0 fully saturated rings. The van der Waals surface area contributed by atoms with Gasteiger partial charge in [-0.05, 0) is 44.5 Å². The first-order valence-electron chi connectivity index (χ1n) is 10.5. The van der Waals surface area contributed by atoms with E-state index in [4.69, 9.17) is 0 Å². The van der Waals surface area contributed by atoms with E-state index in [-0.39, 0.29) is 5.91 Å². The molecule has 0 aliphatic heterocycles. The van der Waals surface area contributed by atoms with Crippen LogP contribution in [0.4, 0.5) is 0 Å². The number of benzene rings is 2. The van der Waals surface area contributed by atoms with Gasteiger partial charge in [-0.15, -0.1) is 0 Å². The van der Waals surface area contributed by atoms with E-state index < -0.39 is 11.1 Å². The Morgan fingerprint density at radius 2 is 1.84 bits per heavy atom. The first kappa shape index (κ1) is 21.3. The molecule has 8 nitrogen and oxygen atoms in total. The van der Waals surface area contributed by atoms with Gasteiger partial charge in [0.1, 0.15) is 0 Å². The Morgan fingerprint density at radius 1 is 1.09 bits per heavy atom. The van der Waals surface area contributed by atoms with Crippen LogP contribution in [0, 0.1) is 13.8 Å². The van der Waals surface area contributed by atoms with E-state index in [1.165, 1.54) is 4.57 Å². The van der Waals surface area contributed by atoms with Gasteiger partial charge in [0.2, 0.25) is 0 Å². The molecule has 2 aromatic carbocycles. The van der Waals surface area contributed by atoms with E-state index in [0.29, 0.717) is 36.2 Å². The van der Waals surface area contributed by atoms with Gasteiger partial charge in [-0.3, -0.25) is 19.1 Å². The van der Waals surface area contributed by atoms with Crippen molar-refractivity contribution in [2.45, 2.75) is 40.4 Å². The molecule has 4 aromatic rings. The molecule has 32 heavy (non-hydrogen) atoms. The van der Waals surface area contributed by atoms with E-state index in [1.807, 2.05) is 36.7 Å². The second-order valence-electron chi connectivity index (χ2n) is 7.71. The summed E-state index contributed by atoms with van der Waals surface area (Å²) in [6, 6.07) is 15.0. The number of H-pyrrole nitrogens is 1. The zero-order valence-corrected chi connectivity index (χ0v) is 18.3. The van der Waals surface area contributed by atoms with Crippen molar-refractivity contribution in [3.05, 3.63) is 97.3 Å². The van der Waals surface area contributed by atoms with Gasteiger partial charge in [0.15, 0.2) is 0 Å². The van der Waals surface area contributed by atoms with Gasteiger partial charge in [-0.1, -0.05) is 30.3 Å². The number of rotatable bonds is 6. The molecule has 0 saturated heterocycles. The summed E-state index contributed by atoms with van der Waals surface area (Å²) in [5, 5.41) is 7.57. The van der Waals surface area contributed by atoms with Crippen LogP contribution in [0.15, 0.2) is 58.1 Å². The van der Waals surface area contributed by atoms with Crippen LogP contribution in [0.2, 0.25) is 0 Å². The SMILES string of the molecule is CCn1c(=O)c(=O)[nH]c2cc(C(=O)NCc3c(C)nn(Cc4ccccc4)c3C)ccc21. The van der Waals surface area contributed by atoms with Gasteiger partial charge in [-0.2, -0.15) is 5.10 Å². The maximum atomic E-state index is 12.8. The Morgan fingerprint density at radius 3 is 2.56 bits per heavy atom. The highest BCUT2D eigenvalue weighted by atomic mass is 16.2. The van der Waals surface area contributed by atoms with E-state index in [2.05, 4.69) is 27.5 Å². The lowest BCUT2D eigenvalue weighted by Gasteiger charge is -2.10. The van der Waals surface area contributed by atoms with Gasteiger partial charge in [0, 0.05) is 29.9 Å². The molecule has 2 aromatic heterocycles. The lowest BCUT2D eigenvalue weighted by Crippen LogP contribution is -2.36. The summed E-state index contributed by atoms with van der Waals surface area (Å²) in [6.07, 6.45) is 0. The molecule has 8 heteroatoms. The van der Waals surface area contributed by atoms with Crippen molar-refractivity contribution in [2.24, 2.45) is 0 Å². The maximum absolute atomic E-state index is 12.8. The highest BCUT2D eigenvalue weighted by Crippen LogP contribution is 2.16. The monoisotopic (exact) mass is 431 g/mol. The number of nitrogens with one attached hydrogen (secondary N) is 2. The molecule has 4 rings (SSSR count). The van der Waals surface area contributed by atoms with E-state index in [1.54, 1.807) is 25.1 Å². The summed E-state index contributed by atoms with van der Waals surface area (Å²) < 4.78 is 3.33. The summed E-state index contributed by atoms with van der Waals surface area (Å²) in [5.74, 6) is -0.267. The number of carbonyl (C=O) groups is 1. The molecule has 0 aliphatic rings. The summed E-state index contributed by atoms with van der Waals surface area (Å²) in [7, 11) is 0. The fraction of sp³-hybridized carbons (Fsp3) is 0.250. The molecule has 164 valence electrons. The van der Waals surface area contributed by atoms with Crippen LogP contribution in [0.25, 0.3) is 11.0 Å². The fourth-order valence-electron chi connectivity index (χ4n) is 3.91. The lowest BCUT2D eigenvalue weighted by atomic mass is 10.1. The fourth-order valence-corrected chi connectivity index (χ4v) is 3.91. The molecule has 2 heterocycles. The molecule has 0 radical (unpaired) electrons. The van der Waals surface area contributed by atoms with Gasteiger partial charge >= 0.3 is 11.1 Å². The van der Waals surface area contributed by atoms with E-state index in [0.717, 1.165) is 22.5 Å². The van der Waals surface area contributed by atoms with Crippen molar-refractivity contribution < 1.29 is 4.79 Å². The van der Waals surface area contributed by atoms with Gasteiger partial charge in [0.25, 0.3) is 5.91 Å². The average Bonchev–Trinajstić information content (AvgIpc) is 3.05. The van der Waals surface area contributed by atoms with Crippen LogP contribution < -0.4 is 16.4 Å². The third-order valence-corrected chi connectivity index (χ3v) is 5.69. The van der Waals surface area contributed by atoms with Crippen LogP contribution in [-0.2, 0) is 19.6 Å². The molecule has 0 aliphatic carbocycles. The first-order chi connectivity index (χ1) is 15.4. The maximum Gasteiger partial charge on any atom is 0.316 e. The Hall–Kier alpha value is -3.94. The predicted octanol–water partition coefficient (Wildman–Crippen LogP) is 2.50. The topological polar surface area (TPSA) is 102 Å². The summed E-state index contributed by atoms with van der Waals surface area (Å²) in [4.78, 5) is 39.3. The molecule has 0 bridgehead atoms. The minimum Gasteiger partial charge on any atom is -0.348 e. The van der Waals surface area contributed by atoms with Crippen LogP contribution in [0.5, 0.6) is 0 Å². The normalized spacial score (nSPS) is 11.1. The second-order valence-corrected chi connectivity index (χ2v) is 7.71. The molecular weight excluding hydrogens is 406 g/mol. The van der Waals surface area contributed by atoms with Gasteiger partial charge in [-0.25, -0.2) is 0 Å². The molecular formula is C24H25N5O3. The van der Waals surface area contributed by atoms with Crippen molar-refractivity contribution in [3.63, 3.8) is 0 Å². The van der Waals surface area contributed by atoms with Crippen LogP contribution in [0.1, 0.15) is 39.8 Å². The molecule has 0 spiro atoms. The summed E-state index contributed by atoms with van der Waals surface area (Å²) in [6.45, 7) is 7.10. The third-order valence-electron chi connectivity index (χ3n) is 5.69. The predicted molar refractivity (Wildman–Crippen MR) is 123 cm³/mol. The Balaban J connectivity index is 1.54. The van der Waals surface area contributed by atoms with Crippen LogP contribution >= 0.6 is 0 Å². The minimum absolute atomic E-state index is 0.267. The van der Waals surface area contributed by atoms with Crippen molar-refractivity contribution in [1.82, 2.24) is 24.6 Å². The number of amides is 1. The summed E-state index contributed by atoms with van der Waals surface area (Å²) >= 11 is 0. The average molecular weight is 431 g/mol. The zero-order chi connectivity index (χ0) is 22.8. The van der Waals surface area contributed by atoms with Crippen LogP contribution in [-0.4, -0.2) is 25.2 Å². The lowest BCUT2D eigenvalue weighted by molar-refractivity contribution is 0.0951. The quantitative estimate of drug-likeness (QED) is 0.458. The highest BCUT2D eigenvalue weighted by Gasteiger charge is 2.15. The Bertz CT molecular complexity index is 1410. The number of hydrogen-bond acceptors (Lipinski definition) is 4. The molecule has 0 unspecified atom stereocenters. The number of carbonyl (C=O) groups excluding carboxylic acids is 1. The number of aryl methyl sites for hydroxylation is 2. The highest BCUT2D eigenvalue weighted by molar-refractivity contribution is 5.97. The van der Waals surface area contributed by atoms with E-state index in [9.17, 15) is 14.4 Å². The first-order valence-corrected chi connectivity index (χ1v) is 10.5. The number of aromatic amines is 1. The Labute approximate surface area is 184 Å². The van der Waals surface area contributed by atoms with E-state index >= 15 is 0 Å². The zero-order valence-electron chi connectivity index (χ0n) is 18.3. The van der Waals surface area contributed by atoms with Crippen molar-refractivity contribution in [2.75, 3.05) is 0 Å². The van der Waals surface area contributed by atoms with Gasteiger partial charge in [0.05, 0.1) is 23.3 Å². The molecule has 0 atom stereocenters. The standard InChI is InChI=1S/C24H25N5O3/c1-4-28-21-11-10-18(12-20(21)26-23(31)24(28)32)22(30)25-13-19-15(2)27-29(16(19)3)14-17-8-6-5-7-9-17/h5-12H,4,13-14H2,1-3H3,(H,25,30)(H,26,31). The van der Waals surface area contributed by atoms with Gasteiger partial charge < -0.3 is 14.9 Å². The molecule has 2 N–H and O–H groups in total. The Kier molecular flexibility index (Phi) is 5.77.